The molecule has 0 aliphatic carbocycles. The molecule has 2 rings (SSSR count). The van der Waals surface area contributed by atoms with Crippen LogP contribution in [0, 0.1) is 0 Å². The Labute approximate surface area is 71.2 Å². The standard InChI is InChI=1S/C10H10O2/c11-10(9-6-7-12-9)8-4-2-1-3-5-8/h1-5,9H,6-7H2/t9-/m1/s1. The van der Waals surface area contributed by atoms with Crippen molar-refractivity contribution < 1.29 is 9.53 Å². The van der Waals surface area contributed by atoms with E-state index in [4.69, 9.17) is 4.74 Å². The highest BCUT2D eigenvalue weighted by atomic mass is 16.5. The molecule has 0 spiro atoms. The predicted molar refractivity (Wildman–Crippen MR) is 45.1 cm³/mol. The lowest BCUT2D eigenvalue weighted by atomic mass is 10.0. The zero-order valence-corrected chi connectivity index (χ0v) is 6.69. The molecule has 1 atom stereocenters. The number of hydrogen-bond acceptors (Lipinski definition) is 2. The van der Waals surface area contributed by atoms with Crippen LogP contribution in [0.15, 0.2) is 30.3 Å². The lowest BCUT2D eigenvalue weighted by molar-refractivity contribution is -0.0318. The van der Waals surface area contributed by atoms with E-state index in [0.29, 0.717) is 0 Å². The van der Waals surface area contributed by atoms with Gasteiger partial charge in [0.05, 0.1) is 6.61 Å². The first-order chi connectivity index (χ1) is 5.88. The number of benzene rings is 1. The molecule has 2 nitrogen and oxygen atoms in total. The summed E-state index contributed by atoms with van der Waals surface area (Å²) in [5.41, 5.74) is 0.752. The Morgan fingerprint density at radius 1 is 1.33 bits per heavy atom. The van der Waals surface area contributed by atoms with Crippen LogP contribution in [0.2, 0.25) is 0 Å². The molecule has 12 heavy (non-hydrogen) atoms. The second-order valence-corrected chi connectivity index (χ2v) is 2.88. The Morgan fingerprint density at radius 2 is 2.00 bits per heavy atom. The number of ether oxygens (including phenoxy) is 1. The minimum Gasteiger partial charge on any atom is -0.370 e. The van der Waals surface area contributed by atoms with Crippen molar-refractivity contribution in [1.82, 2.24) is 0 Å². The van der Waals surface area contributed by atoms with Gasteiger partial charge in [0.1, 0.15) is 6.10 Å². The van der Waals surface area contributed by atoms with Crippen LogP contribution in [0.4, 0.5) is 0 Å². The van der Waals surface area contributed by atoms with E-state index in [2.05, 4.69) is 0 Å². The second kappa shape index (κ2) is 3.07. The lowest BCUT2D eigenvalue weighted by Crippen LogP contribution is -2.34. The van der Waals surface area contributed by atoms with Crippen molar-refractivity contribution >= 4 is 5.78 Å². The molecule has 0 amide bonds. The number of Topliss-reactive ketones (excluding diaryl/α,β-unsaturated/α-hetero) is 1. The first-order valence-electron chi connectivity index (χ1n) is 4.09. The first kappa shape index (κ1) is 7.50. The van der Waals surface area contributed by atoms with E-state index >= 15 is 0 Å². The molecule has 0 unspecified atom stereocenters. The molecule has 1 aromatic rings. The van der Waals surface area contributed by atoms with Gasteiger partial charge in [0.25, 0.3) is 0 Å². The van der Waals surface area contributed by atoms with Gasteiger partial charge in [-0.3, -0.25) is 4.79 Å². The third-order valence-corrected chi connectivity index (χ3v) is 2.05. The minimum atomic E-state index is -0.174. The van der Waals surface area contributed by atoms with Gasteiger partial charge in [-0.15, -0.1) is 0 Å². The van der Waals surface area contributed by atoms with Crippen molar-refractivity contribution in [2.75, 3.05) is 6.61 Å². The number of rotatable bonds is 2. The highest BCUT2D eigenvalue weighted by Crippen LogP contribution is 2.16. The summed E-state index contributed by atoms with van der Waals surface area (Å²) in [6.07, 6.45) is 0.695. The molecule has 62 valence electrons. The highest BCUT2D eigenvalue weighted by Gasteiger charge is 2.26. The molecule has 1 heterocycles. The largest absolute Gasteiger partial charge is 0.370 e. The van der Waals surface area contributed by atoms with Crippen molar-refractivity contribution in [3.8, 4) is 0 Å². The third-order valence-electron chi connectivity index (χ3n) is 2.05. The fourth-order valence-corrected chi connectivity index (χ4v) is 1.23. The quantitative estimate of drug-likeness (QED) is 0.618. The Balaban J connectivity index is 2.14. The second-order valence-electron chi connectivity index (χ2n) is 2.88. The van der Waals surface area contributed by atoms with Gasteiger partial charge in [-0.1, -0.05) is 30.3 Å². The molecule has 1 aliphatic heterocycles. The fourth-order valence-electron chi connectivity index (χ4n) is 1.23. The fraction of sp³-hybridized carbons (Fsp3) is 0.300. The van der Waals surface area contributed by atoms with Crippen LogP contribution in [0.3, 0.4) is 0 Å². The normalized spacial score (nSPS) is 21.5. The van der Waals surface area contributed by atoms with E-state index in [9.17, 15) is 4.79 Å². The van der Waals surface area contributed by atoms with Crippen LogP contribution in [-0.2, 0) is 4.74 Å². The SMILES string of the molecule is O=C(c1ccccc1)[C@H]1CCO1. The number of ketones is 1. The van der Waals surface area contributed by atoms with Gasteiger partial charge < -0.3 is 4.74 Å². The summed E-state index contributed by atoms with van der Waals surface area (Å²) in [5, 5.41) is 0. The van der Waals surface area contributed by atoms with E-state index in [1.165, 1.54) is 0 Å². The molecular formula is C10H10O2. The lowest BCUT2D eigenvalue weighted by Gasteiger charge is -2.24. The zero-order valence-electron chi connectivity index (χ0n) is 6.69. The summed E-state index contributed by atoms with van der Waals surface area (Å²) < 4.78 is 5.10. The van der Waals surface area contributed by atoms with Crippen LogP contribution in [0.25, 0.3) is 0 Å². The summed E-state index contributed by atoms with van der Waals surface area (Å²) in [5.74, 6) is 0.113. The molecule has 1 saturated heterocycles. The molecule has 1 aromatic carbocycles. The van der Waals surface area contributed by atoms with Gasteiger partial charge in [0, 0.05) is 12.0 Å². The number of hydrogen-bond donors (Lipinski definition) is 0. The Hall–Kier alpha value is -1.15. The summed E-state index contributed by atoms with van der Waals surface area (Å²) in [7, 11) is 0. The molecule has 1 aliphatic rings. The number of carbonyl (C=O) groups excluding carboxylic acids is 1. The van der Waals surface area contributed by atoms with Crippen LogP contribution in [-0.4, -0.2) is 18.5 Å². The van der Waals surface area contributed by atoms with Crippen molar-refractivity contribution in [2.24, 2.45) is 0 Å². The monoisotopic (exact) mass is 162 g/mol. The molecular weight excluding hydrogens is 152 g/mol. The summed E-state index contributed by atoms with van der Waals surface area (Å²) >= 11 is 0. The van der Waals surface area contributed by atoms with Crippen LogP contribution < -0.4 is 0 Å². The van der Waals surface area contributed by atoms with Gasteiger partial charge in [-0.25, -0.2) is 0 Å². The molecule has 0 aromatic heterocycles. The van der Waals surface area contributed by atoms with Crippen LogP contribution >= 0.6 is 0 Å². The topological polar surface area (TPSA) is 26.3 Å². The maximum absolute atomic E-state index is 11.5. The number of carbonyl (C=O) groups is 1. The first-order valence-corrected chi connectivity index (χ1v) is 4.09. The van der Waals surface area contributed by atoms with Crippen LogP contribution in [0.5, 0.6) is 0 Å². The van der Waals surface area contributed by atoms with Gasteiger partial charge >= 0.3 is 0 Å². The van der Waals surface area contributed by atoms with Crippen LogP contribution in [0.1, 0.15) is 16.8 Å². The average Bonchev–Trinajstić information content (AvgIpc) is 2.03. The molecule has 0 radical (unpaired) electrons. The van der Waals surface area contributed by atoms with Gasteiger partial charge in [0.15, 0.2) is 5.78 Å². The Bertz CT molecular complexity index is 275. The van der Waals surface area contributed by atoms with Crippen molar-refractivity contribution in [2.45, 2.75) is 12.5 Å². The van der Waals surface area contributed by atoms with Gasteiger partial charge in [0.2, 0.25) is 0 Å². The highest BCUT2D eigenvalue weighted by molar-refractivity contribution is 5.99. The third kappa shape index (κ3) is 1.25. The van der Waals surface area contributed by atoms with Gasteiger partial charge in [-0.2, -0.15) is 0 Å². The van der Waals surface area contributed by atoms with E-state index in [1.54, 1.807) is 0 Å². The summed E-state index contributed by atoms with van der Waals surface area (Å²) in [6.45, 7) is 0.725. The molecule has 0 N–H and O–H groups in total. The Kier molecular flexibility index (Phi) is 1.92. The van der Waals surface area contributed by atoms with Crippen molar-refractivity contribution in [3.63, 3.8) is 0 Å². The van der Waals surface area contributed by atoms with Gasteiger partial charge in [-0.05, 0) is 0 Å². The maximum atomic E-state index is 11.5. The molecule has 2 heteroatoms. The molecule has 1 fully saturated rings. The summed E-state index contributed by atoms with van der Waals surface area (Å²) in [6, 6.07) is 9.28. The predicted octanol–water partition coefficient (Wildman–Crippen LogP) is 1.66. The van der Waals surface area contributed by atoms with Crippen molar-refractivity contribution in [3.05, 3.63) is 35.9 Å². The van der Waals surface area contributed by atoms with E-state index in [0.717, 1.165) is 18.6 Å². The minimum absolute atomic E-state index is 0.113. The summed E-state index contributed by atoms with van der Waals surface area (Å²) in [4.78, 5) is 11.5. The molecule has 0 bridgehead atoms. The average molecular weight is 162 g/mol. The maximum Gasteiger partial charge on any atom is 0.191 e. The van der Waals surface area contributed by atoms with E-state index < -0.39 is 0 Å². The van der Waals surface area contributed by atoms with E-state index in [1.807, 2.05) is 30.3 Å². The Morgan fingerprint density at radius 3 is 2.50 bits per heavy atom. The van der Waals surface area contributed by atoms with E-state index in [-0.39, 0.29) is 11.9 Å². The van der Waals surface area contributed by atoms with Crippen molar-refractivity contribution in [1.29, 1.82) is 0 Å². The molecule has 0 saturated carbocycles. The smallest absolute Gasteiger partial charge is 0.191 e. The zero-order chi connectivity index (χ0) is 8.39.